The van der Waals surface area contributed by atoms with Crippen LogP contribution in [0, 0.1) is 0 Å². The number of ether oxygens (including phenoxy) is 2. The molecular formula is C24H19BrO4. The monoisotopic (exact) mass is 450 g/mol. The number of cyclic esters (lactones) is 1. The summed E-state index contributed by atoms with van der Waals surface area (Å²) in [6.45, 7) is 0.107. The first-order valence-corrected chi connectivity index (χ1v) is 10.2. The summed E-state index contributed by atoms with van der Waals surface area (Å²) in [5.41, 5.74) is 1.58. The van der Waals surface area contributed by atoms with Gasteiger partial charge in [0.05, 0.1) is 0 Å². The molecule has 3 aromatic carbocycles. The van der Waals surface area contributed by atoms with Gasteiger partial charge in [0.1, 0.15) is 16.8 Å². The smallest absolute Gasteiger partial charge is 0.348 e. The van der Waals surface area contributed by atoms with Gasteiger partial charge in [-0.25, -0.2) is 4.79 Å². The van der Waals surface area contributed by atoms with E-state index in [1.54, 1.807) is 0 Å². The highest BCUT2D eigenvalue weighted by Crippen LogP contribution is 2.43. The molecule has 1 aliphatic heterocycles. The predicted molar refractivity (Wildman–Crippen MR) is 113 cm³/mol. The second-order valence-corrected chi connectivity index (χ2v) is 7.82. The number of esters is 2. The van der Waals surface area contributed by atoms with E-state index in [2.05, 4.69) is 15.9 Å². The molecule has 4 rings (SSSR count). The minimum absolute atomic E-state index is 0.107. The summed E-state index contributed by atoms with van der Waals surface area (Å²) in [6, 6.07) is 28.4. The SMILES string of the molecule is O=C(OC1C(=O)OCC1(c1ccccc1)c1ccccc1)C(Br)c1ccccc1. The lowest BCUT2D eigenvalue weighted by atomic mass is 9.72. The van der Waals surface area contributed by atoms with Crippen LogP contribution < -0.4 is 0 Å². The van der Waals surface area contributed by atoms with Gasteiger partial charge in [-0.1, -0.05) is 107 Å². The van der Waals surface area contributed by atoms with Gasteiger partial charge in [0.2, 0.25) is 6.10 Å². The average molecular weight is 451 g/mol. The van der Waals surface area contributed by atoms with Crippen LogP contribution in [0.2, 0.25) is 0 Å². The zero-order valence-corrected chi connectivity index (χ0v) is 17.1. The number of hydrogen-bond acceptors (Lipinski definition) is 4. The quantitative estimate of drug-likeness (QED) is 0.421. The van der Waals surface area contributed by atoms with Crippen molar-refractivity contribution >= 4 is 27.9 Å². The molecule has 0 aliphatic carbocycles. The molecular weight excluding hydrogens is 432 g/mol. The van der Waals surface area contributed by atoms with Gasteiger partial charge in [0.15, 0.2) is 0 Å². The Morgan fingerprint density at radius 1 is 0.897 bits per heavy atom. The van der Waals surface area contributed by atoms with Crippen LogP contribution in [0.25, 0.3) is 0 Å². The number of rotatable bonds is 5. The van der Waals surface area contributed by atoms with E-state index in [0.717, 1.165) is 16.7 Å². The van der Waals surface area contributed by atoms with Crippen molar-refractivity contribution in [3.05, 3.63) is 108 Å². The third-order valence-electron chi connectivity index (χ3n) is 5.21. The van der Waals surface area contributed by atoms with Crippen LogP contribution in [-0.2, 0) is 24.5 Å². The van der Waals surface area contributed by atoms with Crippen molar-refractivity contribution in [3.63, 3.8) is 0 Å². The van der Waals surface area contributed by atoms with Crippen LogP contribution in [0.15, 0.2) is 91.0 Å². The Bertz CT molecular complexity index is 950. The molecule has 0 saturated carbocycles. The fraction of sp³-hybridized carbons (Fsp3) is 0.167. The second-order valence-electron chi connectivity index (χ2n) is 6.90. The molecule has 0 N–H and O–H groups in total. The Morgan fingerprint density at radius 3 is 1.90 bits per heavy atom. The van der Waals surface area contributed by atoms with E-state index >= 15 is 0 Å². The normalized spacial score (nSPS) is 18.7. The van der Waals surface area contributed by atoms with Crippen molar-refractivity contribution in [2.75, 3.05) is 6.61 Å². The second kappa shape index (κ2) is 8.21. The van der Waals surface area contributed by atoms with Gasteiger partial charge in [0, 0.05) is 0 Å². The van der Waals surface area contributed by atoms with Gasteiger partial charge in [-0.3, -0.25) is 4.79 Å². The first-order chi connectivity index (χ1) is 14.1. The summed E-state index contributed by atoms with van der Waals surface area (Å²) in [4.78, 5) is 25.0. The Kier molecular flexibility index (Phi) is 5.49. The van der Waals surface area contributed by atoms with Crippen LogP contribution in [-0.4, -0.2) is 24.6 Å². The van der Waals surface area contributed by atoms with E-state index in [1.165, 1.54) is 0 Å². The van der Waals surface area contributed by atoms with Crippen molar-refractivity contribution < 1.29 is 19.1 Å². The van der Waals surface area contributed by atoms with E-state index < -0.39 is 28.3 Å². The van der Waals surface area contributed by atoms with Gasteiger partial charge < -0.3 is 9.47 Å². The summed E-state index contributed by atoms with van der Waals surface area (Å²) in [6.07, 6.45) is -1.08. The topological polar surface area (TPSA) is 52.6 Å². The maximum atomic E-state index is 12.9. The van der Waals surface area contributed by atoms with Crippen molar-refractivity contribution in [1.82, 2.24) is 0 Å². The highest BCUT2D eigenvalue weighted by Gasteiger charge is 2.55. The highest BCUT2D eigenvalue weighted by atomic mass is 79.9. The predicted octanol–water partition coefficient (Wildman–Crippen LogP) is 4.58. The summed E-state index contributed by atoms with van der Waals surface area (Å²) < 4.78 is 11.2. The van der Waals surface area contributed by atoms with Gasteiger partial charge in [-0.15, -0.1) is 0 Å². The fourth-order valence-corrected chi connectivity index (χ4v) is 4.14. The molecule has 1 saturated heterocycles. The lowest BCUT2D eigenvalue weighted by Gasteiger charge is -2.32. The Labute approximate surface area is 177 Å². The standard InChI is InChI=1S/C24H19BrO4/c25-20(17-10-4-1-5-11-17)22(26)29-21-23(27)28-16-24(21,18-12-6-2-7-13-18)19-14-8-3-9-15-19/h1-15,20-21H,16H2. The third kappa shape index (κ3) is 3.58. The fourth-order valence-electron chi connectivity index (χ4n) is 3.73. The van der Waals surface area contributed by atoms with Crippen LogP contribution >= 0.6 is 15.9 Å². The van der Waals surface area contributed by atoms with E-state index in [0.29, 0.717) is 0 Å². The van der Waals surface area contributed by atoms with Crippen molar-refractivity contribution in [1.29, 1.82) is 0 Å². The first-order valence-electron chi connectivity index (χ1n) is 9.30. The molecule has 5 heteroatoms. The Morgan fingerprint density at radius 2 is 1.38 bits per heavy atom. The Balaban J connectivity index is 1.73. The summed E-state index contributed by atoms with van der Waals surface area (Å²) in [5.74, 6) is -1.07. The molecule has 3 aromatic rings. The molecule has 146 valence electrons. The van der Waals surface area contributed by atoms with Crippen LogP contribution in [0.3, 0.4) is 0 Å². The summed E-state index contributed by atoms with van der Waals surface area (Å²) in [7, 11) is 0. The average Bonchev–Trinajstić information content (AvgIpc) is 3.12. The van der Waals surface area contributed by atoms with E-state index in [4.69, 9.17) is 9.47 Å². The van der Waals surface area contributed by atoms with E-state index in [1.807, 2.05) is 91.0 Å². The molecule has 29 heavy (non-hydrogen) atoms. The molecule has 2 atom stereocenters. The maximum Gasteiger partial charge on any atom is 0.348 e. The minimum Gasteiger partial charge on any atom is -0.461 e. The Hall–Kier alpha value is -2.92. The number of carbonyl (C=O) groups excluding carboxylic acids is 2. The number of carbonyl (C=O) groups is 2. The van der Waals surface area contributed by atoms with Crippen molar-refractivity contribution in [2.24, 2.45) is 0 Å². The summed E-state index contributed by atoms with van der Waals surface area (Å²) in [5, 5.41) is 0. The molecule has 0 amide bonds. The number of hydrogen-bond donors (Lipinski definition) is 0. The van der Waals surface area contributed by atoms with E-state index in [9.17, 15) is 9.59 Å². The minimum atomic E-state index is -1.08. The van der Waals surface area contributed by atoms with Gasteiger partial charge in [-0.2, -0.15) is 0 Å². The zero-order valence-electron chi connectivity index (χ0n) is 15.5. The lowest BCUT2D eigenvalue weighted by molar-refractivity contribution is -0.161. The molecule has 4 nitrogen and oxygen atoms in total. The van der Waals surface area contributed by atoms with Gasteiger partial charge in [0.25, 0.3) is 0 Å². The molecule has 2 unspecified atom stereocenters. The van der Waals surface area contributed by atoms with Crippen LogP contribution in [0.1, 0.15) is 21.5 Å². The summed E-state index contributed by atoms with van der Waals surface area (Å²) >= 11 is 3.40. The van der Waals surface area contributed by atoms with Gasteiger partial charge in [-0.05, 0) is 16.7 Å². The number of alkyl halides is 1. The third-order valence-corrected chi connectivity index (χ3v) is 6.12. The highest BCUT2D eigenvalue weighted by molar-refractivity contribution is 9.09. The number of benzene rings is 3. The number of halogens is 1. The van der Waals surface area contributed by atoms with Crippen molar-refractivity contribution in [2.45, 2.75) is 16.3 Å². The molecule has 1 heterocycles. The maximum absolute atomic E-state index is 12.9. The van der Waals surface area contributed by atoms with E-state index in [-0.39, 0.29) is 6.61 Å². The van der Waals surface area contributed by atoms with Crippen molar-refractivity contribution in [3.8, 4) is 0 Å². The van der Waals surface area contributed by atoms with Crippen LogP contribution in [0.5, 0.6) is 0 Å². The molecule has 0 spiro atoms. The first kappa shape index (κ1) is 19.4. The zero-order chi connectivity index (χ0) is 20.3. The largest absolute Gasteiger partial charge is 0.461 e. The molecule has 0 bridgehead atoms. The lowest BCUT2D eigenvalue weighted by Crippen LogP contribution is -2.44. The van der Waals surface area contributed by atoms with Gasteiger partial charge >= 0.3 is 11.9 Å². The molecule has 0 radical (unpaired) electrons. The molecule has 1 aliphatic rings. The molecule has 0 aromatic heterocycles. The molecule has 1 fully saturated rings. The van der Waals surface area contributed by atoms with Crippen LogP contribution in [0.4, 0.5) is 0 Å².